The van der Waals surface area contributed by atoms with E-state index in [1.54, 1.807) is 0 Å². The lowest BCUT2D eigenvalue weighted by atomic mass is 10.0. The molecule has 1 aromatic heterocycles. The molecule has 0 saturated carbocycles. The van der Waals surface area contributed by atoms with Crippen LogP contribution in [0.4, 0.5) is 0 Å². The molecule has 0 unspecified atom stereocenters. The van der Waals surface area contributed by atoms with E-state index in [1.807, 2.05) is 19.1 Å². The highest BCUT2D eigenvalue weighted by Gasteiger charge is 2.07. The minimum atomic E-state index is 0.848. The largest absolute Gasteiger partial charge is 0.361 e. The zero-order chi connectivity index (χ0) is 10.1. The van der Waals surface area contributed by atoms with Crippen molar-refractivity contribution >= 4 is 0 Å². The second kappa shape index (κ2) is 3.29. The van der Waals surface area contributed by atoms with E-state index in [2.05, 4.69) is 31.1 Å². The molecule has 2 nitrogen and oxygen atoms in total. The number of rotatable bonds is 1. The Morgan fingerprint density at radius 1 is 1.14 bits per heavy atom. The molecule has 0 bridgehead atoms. The fourth-order valence-electron chi connectivity index (χ4n) is 1.52. The predicted octanol–water partition coefficient (Wildman–Crippen LogP) is 3.27. The first-order valence-electron chi connectivity index (χ1n) is 4.68. The summed E-state index contributed by atoms with van der Waals surface area (Å²) in [6.45, 7) is 6.11. The summed E-state index contributed by atoms with van der Waals surface area (Å²) in [5.41, 5.74) is 4.62. The number of aromatic nitrogens is 1. The van der Waals surface area contributed by atoms with Crippen LogP contribution in [-0.2, 0) is 0 Å². The zero-order valence-electron chi connectivity index (χ0n) is 8.66. The lowest BCUT2D eigenvalue weighted by Gasteiger charge is -2.04. The number of hydrogen-bond donors (Lipinski definition) is 0. The van der Waals surface area contributed by atoms with Crippen molar-refractivity contribution in [2.75, 3.05) is 0 Å². The molecule has 0 aliphatic rings. The Hall–Kier alpha value is -1.57. The van der Waals surface area contributed by atoms with Gasteiger partial charge in [0.05, 0.1) is 0 Å². The Bertz CT molecular complexity index is 457. The van der Waals surface area contributed by atoms with E-state index in [0.29, 0.717) is 0 Å². The van der Waals surface area contributed by atoms with E-state index >= 15 is 0 Å². The van der Waals surface area contributed by atoms with E-state index in [4.69, 9.17) is 4.52 Å². The molecular formula is C12H13NO. The fourth-order valence-corrected chi connectivity index (χ4v) is 1.52. The second-order valence-electron chi connectivity index (χ2n) is 3.57. The average molecular weight is 187 g/mol. The molecule has 72 valence electrons. The maximum atomic E-state index is 5.06. The van der Waals surface area contributed by atoms with Gasteiger partial charge >= 0.3 is 0 Å². The van der Waals surface area contributed by atoms with Crippen molar-refractivity contribution in [2.45, 2.75) is 20.8 Å². The molecule has 0 N–H and O–H groups in total. The van der Waals surface area contributed by atoms with Crippen LogP contribution in [0.2, 0.25) is 0 Å². The van der Waals surface area contributed by atoms with Crippen LogP contribution in [0.25, 0.3) is 11.3 Å². The molecule has 0 amide bonds. The summed E-state index contributed by atoms with van der Waals surface area (Å²) in [7, 11) is 0. The van der Waals surface area contributed by atoms with Crippen LogP contribution >= 0.6 is 0 Å². The molecule has 0 aliphatic carbocycles. The van der Waals surface area contributed by atoms with Gasteiger partial charge < -0.3 is 4.52 Å². The van der Waals surface area contributed by atoms with Gasteiger partial charge in [-0.15, -0.1) is 0 Å². The first-order valence-corrected chi connectivity index (χ1v) is 4.68. The summed E-state index contributed by atoms with van der Waals surface area (Å²) in [5, 5.41) is 4.01. The minimum absolute atomic E-state index is 0.848. The number of benzene rings is 1. The van der Waals surface area contributed by atoms with E-state index in [1.165, 1.54) is 11.1 Å². The minimum Gasteiger partial charge on any atom is -0.361 e. The standard InChI is InChI=1S/C12H13NO/c1-8-5-4-6-11(10(8)3)12-7-9(2)14-13-12/h4-7H,1-3H3. The van der Waals surface area contributed by atoms with Crippen LogP contribution in [0.1, 0.15) is 16.9 Å². The third-order valence-electron chi connectivity index (χ3n) is 2.51. The first-order chi connectivity index (χ1) is 6.68. The Morgan fingerprint density at radius 2 is 1.93 bits per heavy atom. The van der Waals surface area contributed by atoms with Gasteiger partial charge in [0.15, 0.2) is 0 Å². The summed E-state index contributed by atoms with van der Waals surface area (Å²) in [6, 6.07) is 8.18. The highest BCUT2D eigenvalue weighted by Crippen LogP contribution is 2.24. The first kappa shape index (κ1) is 9.00. The van der Waals surface area contributed by atoms with Gasteiger partial charge in [0.1, 0.15) is 11.5 Å². The summed E-state index contributed by atoms with van der Waals surface area (Å²) in [5.74, 6) is 0.848. The maximum Gasteiger partial charge on any atom is 0.134 e. The van der Waals surface area contributed by atoms with Crippen molar-refractivity contribution in [3.63, 3.8) is 0 Å². The Balaban J connectivity index is 2.57. The van der Waals surface area contributed by atoms with E-state index in [9.17, 15) is 0 Å². The molecule has 0 spiro atoms. The molecule has 0 radical (unpaired) electrons. The van der Waals surface area contributed by atoms with Gasteiger partial charge in [0, 0.05) is 11.6 Å². The molecule has 0 saturated heterocycles. The Morgan fingerprint density at radius 3 is 2.57 bits per heavy atom. The van der Waals surface area contributed by atoms with Gasteiger partial charge in [-0.2, -0.15) is 0 Å². The number of aryl methyl sites for hydroxylation is 2. The smallest absolute Gasteiger partial charge is 0.134 e. The molecule has 0 aliphatic heterocycles. The molecule has 1 heterocycles. The molecular weight excluding hydrogens is 174 g/mol. The summed E-state index contributed by atoms with van der Waals surface area (Å²) >= 11 is 0. The average Bonchev–Trinajstić information content (AvgIpc) is 2.57. The van der Waals surface area contributed by atoms with Crippen LogP contribution < -0.4 is 0 Å². The van der Waals surface area contributed by atoms with Gasteiger partial charge in [0.2, 0.25) is 0 Å². The number of nitrogens with zero attached hydrogens (tertiary/aromatic N) is 1. The normalized spacial score (nSPS) is 10.5. The van der Waals surface area contributed by atoms with Crippen LogP contribution in [0.5, 0.6) is 0 Å². The van der Waals surface area contributed by atoms with Crippen molar-refractivity contribution in [3.8, 4) is 11.3 Å². The van der Waals surface area contributed by atoms with Gasteiger partial charge in [-0.05, 0) is 31.9 Å². The van der Waals surface area contributed by atoms with E-state index in [0.717, 1.165) is 17.0 Å². The maximum absolute atomic E-state index is 5.06. The van der Waals surface area contributed by atoms with Crippen molar-refractivity contribution in [1.29, 1.82) is 0 Å². The lowest BCUT2D eigenvalue weighted by molar-refractivity contribution is 0.399. The summed E-state index contributed by atoms with van der Waals surface area (Å²) in [6.07, 6.45) is 0. The zero-order valence-corrected chi connectivity index (χ0v) is 8.66. The molecule has 2 heteroatoms. The highest BCUT2D eigenvalue weighted by atomic mass is 16.5. The fraction of sp³-hybridized carbons (Fsp3) is 0.250. The highest BCUT2D eigenvalue weighted by molar-refractivity contribution is 5.64. The quantitative estimate of drug-likeness (QED) is 0.684. The summed E-state index contributed by atoms with van der Waals surface area (Å²) < 4.78 is 5.06. The molecule has 0 fully saturated rings. The lowest BCUT2D eigenvalue weighted by Crippen LogP contribution is -1.86. The summed E-state index contributed by atoms with van der Waals surface area (Å²) in [4.78, 5) is 0. The van der Waals surface area contributed by atoms with Crippen LogP contribution in [0, 0.1) is 20.8 Å². The molecule has 2 rings (SSSR count). The predicted molar refractivity (Wildman–Crippen MR) is 56.2 cm³/mol. The SMILES string of the molecule is Cc1cc(-c2cccc(C)c2C)no1. The Kier molecular flexibility index (Phi) is 2.12. The van der Waals surface area contributed by atoms with Crippen LogP contribution in [-0.4, -0.2) is 5.16 Å². The van der Waals surface area contributed by atoms with E-state index < -0.39 is 0 Å². The second-order valence-corrected chi connectivity index (χ2v) is 3.57. The van der Waals surface area contributed by atoms with E-state index in [-0.39, 0.29) is 0 Å². The van der Waals surface area contributed by atoms with Crippen molar-refractivity contribution < 1.29 is 4.52 Å². The Labute approximate surface area is 83.5 Å². The van der Waals surface area contributed by atoms with Crippen molar-refractivity contribution in [1.82, 2.24) is 5.16 Å². The monoisotopic (exact) mass is 187 g/mol. The van der Waals surface area contributed by atoms with Gasteiger partial charge in [-0.25, -0.2) is 0 Å². The molecule has 14 heavy (non-hydrogen) atoms. The van der Waals surface area contributed by atoms with Crippen LogP contribution in [0.15, 0.2) is 28.8 Å². The molecule has 1 aromatic carbocycles. The molecule has 2 aromatic rings. The van der Waals surface area contributed by atoms with Gasteiger partial charge in [0.25, 0.3) is 0 Å². The number of hydrogen-bond acceptors (Lipinski definition) is 2. The topological polar surface area (TPSA) is 26.0 Å². The third kappa shape index (κ3) is 1.43. The van der Waals surface area contributed by atoms with Gasteiger partial charge in [-0.3, -0.25) is 0 Å². The van der Waals surface area contributed by atoms with Crippen molar-refractivity contribution in [2.24, 2.45) is 0 Å². The molecule has 0 atom stereocenters. The van der Waals surface area contributed by atoms with Crippen molar-refractivity contribution in [3.05, 3.63) is 41.2 Å². The van der Waals surface area contributed by atoms with Crippen LogP contribution in [0.3, 0.4) is 0 Å². The third-order valence-corrected chi connectivity index (χ3v) is 2.51. The van der Waals surface area contributed by atoms with Gasteiger partial charge in [-0.1, -0.05) is 23.4 Å².